The number of rotatable bonds is 0. The van der Waals surface area contributed by atoms with Crippen LogP contribution >= 0.6 is 0 Å². The third-order valence-electron chi connectivity index (χ3n) is 5.70. The minimum absolute atomic E-state index is 0. The van der Waals surface area contributed by atoms with Crippen LogP contribution in [0, 0.1) is 0 Å². The Bertz CT molecular complexity index is 515. The van der Waals surface area contributed by atoms with Crippen LogP contribution in [0.15, 0.2) is 0 Å². The summed E-state index contributed by atoms with van der Waals surface area (Å²) in [4.78, 5) is 0. The van der Waals surface area contributed by atoms with Gasteiger partial charge in [0.15, 0.2) is 0 Å². The summed E-state index contributed by atoms with van der Waals surface area (Å²) in [6, 6.07) is 0. The molecule has 0 unspecified atom stereocenters. The molecular formula is C18H34Br3N3O2. The van der Waals surface area contributed by atoms with Crippen molar-refractivity contribution < 1.29 is 75.3 Å². The Morgan fingerprint density at radius 1 is 0.385 bits per heavy atom. The SMILES string of the molecule is C[N+]1(C)Cc2c3c(c4c(c2C1)C[N+](C)(C)C4)C[N+](C)(C)C3.O.O.[Br-].[Br-].[Br-]. The van der Waals surface area contributed by atoms with E-state index in [2.05, 4.69) is 42.3 Å². The Balaban J connectivity index is 0. The first-order chi connectivity index (χ1) is 9.57. The highest BCUT2D eigenvalue weighted by molar-refractivity contribution is 5.54. The normalized spacial score (nSPS) is 21.5. The lowest BCUT2D eigenvalue weighted by Gasteiger charge is -2.23. The van der Waals surface area contributed by atoms with Crippen LogP contribution in [0.5, 0.6) is 0 Å². The van der Waals surface area contributed by atoms with Gasteiger partial charge >= 0.3 is 0 Å². The van der Waals surface area contributed by atoms with Gasteiger partial charge < -0.3 is 75.3 Å². The van der Waals surface area contributed by atoms with E-state index in [0.29, 0.717) is 0 Å². The molecule has 0 radical (unpaired) electrons. The van der Waals surface area contributed by atoms with Gasteiger partial charge in [-0.25, -0.2) is 0 Å². The summed E-state index contributed by atoms with van der Waals surface area (Å²) in [6.45, 7) is 7.41. The van der Waals surface area contributed by atoms with E-state index in [1.807, 2.05) is 0 Å². The summed E-state index contributed by atoms with van der Waals surface area (Å²) in [5.41, 5.74) is 10.3. The molecule has 0 atom stereocenters. The highest BCUT2D eigenvalue weighted by Crippen LogP contribution is 2.45. The quantitative estimate of drug-likeness (QED) is 0.282. The first kappa shape index (κ1) is 28.7. The Morgan fingerprint density at radius 3 is 0.615 bits per heavy atom. The molecule has 0 amide bonds. The first-order valence-corrected chi connectivity index (χ1v) is 8.20. The van der Waals surface area contributed by atoms with Crippen molar-refractivity contribution in [2.45, 2.75) is 39.3 Å². The van der Waals surface area contributed by atoms with Crippen LogP contribution in [-0.2, 0) is 39.3 Å². The maximum Gasteiger partial charge on any atom is 0.105 e. The predicted octanol–water partition coefficient (Wildman–Crippen LogP) is -8.68. The van der Waals surface area contributed by atoms with E-state index in [1.165, 1.54) is 39.3 Å². The molecule has 26 heavy (non-hydrogen) atoms. The highest BCUT2D eigenvalue weighted by atomic mass is 79.9. The fourth-order valence-electron chi connectivity index (χ4n) is 4.97. The van der Waals surface area contributed by atoms with E-state index in [9.17, 15) is 0 Å². The second-order valence-electron chi connectivity index (χ2n) is 9.63. The second kappa shape index (κ2) is 8.45. The number of hydrogen-bond acceptors (Lipinski definition) is 0. The number of halogens is 3. The van der Waals surface area contributed by atoms with Crippen molar-refractivity contribution >= 4 is 0 Å². The third kappa shape index (κ3) is 4.54. The number of benzene rings is 1. The second-order valence-corrected chi connectivity index (χ2v) is 9.63. The van der Waals surface area contributed by atoms with Crippen molar-refractivity contribution in [2.75, 3.05) is 42.3 Å². The van der Waals surface area contributed by atoms with E-state index in [1.54, 1.807) is 33.4 Å². The third-order valence-corrected chi connectivity index (χ3v) is 5.70. The largest absolute Gasteiger partial charge is 1.00 e. The molecule has 8 heteroatoms. The molecule has 3 aliphatic heterocycles. The molecule has 0 fully saturated rings. The number of fused-ring (bicyclic) bond motifs is 6. The van der Waals surface area contributed by atoms with Crippen molar-refractivity contribution in [3.63, 3.8) is 0 Å². The molecule has 0 aromatic heterocycles. The highest BCUT2D eigenvalue weighted by Gasteiger charge is 2.45. The van der Waals surface area contributed by atoms with Crippen molar-refractivity contribution in [1.82, 2.24) is 0 Å². The van der Waals surface area contributed by atoms with E-state index in [4.69, 9.17) is 0 Å². The summed E-state index contributed by atoms with van der Waals surface area (Å²) < 4.78 is 3.41. The molecule has 4 rings (SSSR count). The molecule has 154 valence electrons. The van der Waals surface area contributed by atoms with Crippen molar-refractivity contribution in [2.24, 2.45) is 0 Å². The van der Waals surface area contributed by atoms with Gasteiger partial charge in [-0.3, -0.25) is 0 Å². The molecule has 0 spiro atoms. The van der Waals surface area contributed by atoms with Crippen LogP contribution < -0.4 is 50.9 Å². The minimum atomic E-state index is 0. The zero-order chi connectivity index (χ0) is 15.2. The van der Waals surface area contributed by atoms with E-state index >= 15 is 0 Å². The van der Waals surface area contributed by atoms with Crippen molar-refractivity contribution in [3.8, 4) is 0 Å². The molecule has 0 saturated heterocycles. The van der Waals surface area contributed by atoms with Gasteiger partial charge in [0.05, 0.1) is 42.3 Å². The van der Waals surface area contributed by atoms with E-state index in [-0.39, 0.29) is 61.9 Å². The fraction of sp³-hybridized carbons (Fsp3) is 0.667. The average Bonchev–Trinajstić information content (AvgIpc) is 2.88. The summed E-state index contributed by atoms with van der Waals surface area (Å²) in [6.07, 6.45) is 0. The standard InChI is InChI=1S/C18H30N3.3BrH.2H2O/c1-19(2)7-13-14(8-19)16-10-21(5,6)12-18(16)17-11-20(3,4)9-15(13)17;;;;;/h7-12H2,1-6H3;3*1H;2*1H2/q+3;;;;;/p-3. The van der Waals surface area contributed by atoms with Crippen LogP contribution in [0.3, 0.4) is 0 Å². The maximum atomic E-state index is 2.39. The topological polar surface area (TPSA) is 63.0 Å². The summed E-state index contributed by atoms with van der Waals surface area (Å²) in [5, 5.41) is 0. The molecule has 4 N–H and O–H groups in total. The molecule has 3 aliphatic rings. The van der Waals surface area contributed by atoms with Crippen LogP contribution in [0.4, 0.5) is 0 Å². The lowest BCUT2D eigenvalue weighted by Crippen LogP contribution is -3.00. The van der Waals surface area contributed by atoms with Crippen molar-refractivity contribution in [1.29, 1.82) is 0 Å². The molecule has 1 aromatic rings. The van der Waals surface area contributed by atoms with Crippen molar-refractivity contribution in [3.05, 3.63) is 33.4 Å². The lowest BCUT2D eigenvalue weighted by atomic mass is 9.90. The Kier molecular flexibility index (Phi) is 9.32. The molecule has 0 bridgehead atoms. The van der Waals surface area contributed by atoms with Gasteiger partial charge in [-0.2, -0.15) is 0 Å². The zero-order valence-corrected chi connectivity index (χ0v) is 21.5. The van der Waals surface area contributed by atoms with Gasteiger partial charge in [-0.15, -0.1) is 0 Å². The molecule has 0 saturated carbocycles. The van der Waals surface area contributed by atoms with Gasteiger partial charge in [-0.1, -0.05) is 0 Å². The molecule has 5 nitrogen and oxygen atoms in total. The summed E-state index contributed by atoms with van der Waals surface area (Å²) in [7, 11) is 14.3. The minimum Gasteiger partial charge on any atom is -1.00 e. The Hall–Kier alpha value is 0.460. The Labute approximate surface area is 189 Å². The van der Waals surface area contributed by atoms with Gasteiger partial charge in [-0.05, 0) is 0 Å². The maximum absolute atomic E-state index is 2.39. The van der Waals surface area contributed by atoms with Gasteiger partial charge in [0, 0.05) is 33.4 Å². The fourth-order valence-corrected chi connectivity index (χ4v) is 4.97. The molecule has 0 aliphatic carbocycles. The summed E-state index contributed by atoms with van der Waals surface area (Å²) >= 11 is 0. The van der Waals surface area contributed by atoms with Crippen LogP contribution in [-0.4, -0.2) is 66.7 Å². The summed E-state index contributed by atoms with van der Waals surface area (Å²) in [5.74, 6) is 0. The Morgan fingerprint density at radius 2 is 0.500 bits per heavy atom. The smallest absolute Gasteiger partial charge is 0.105 e. The lowest BCUT2D eigenvalue weighted by molar-refractivity contribution is -0.912. The number of hydrogen-bond donors (Lipinski definition) is 0. The monoisotopic (exact) mass is 561 g/mol. The van der Waals surface area contributed by atoms with Gasteiger partial charge in [0.25, 0.3) is 0 Å². The zero-order valence-electron chi connectivity index (χ0n) is 16.7. The predicted molar refractivity (Wildman–Crippen MR) is 92.2 cm³/mol. The first-order valence-electron chi connectivity index (χ1n) is 8.20. The molecular weight excluding hydrogens is 530 g/mol. The van der Waals surface area contributed by atoms with E-state index < -0.39 is 0 Å². The van der Waals surface area contributed by atoms with Crippen LogP contribution in [0.25, 0.3) is 0 Å². The number of nitrogens with zero attached hydrogens (tertiary/aromatic N) is 3. The van der Waals surface area contributed by atoms with Crippen LogP contribution in [0.2, 0.25) is 0 Å². The molecule has 3 heterocycles. The van der Waals surface area contributed by atoms with E-state index in [0.717, 1.165) is 13.4 Å². The number of quaternary nitrogens is 3. The van der Waals surface area contributed by atoms with Gasteiger partial charge in [0.1, 0.15) is 39.3 Å². The average molecular weight is 564 g/mol. The molecule has 1 aromatic carbocycles. The van der Waals surface area contributed by atoms with Crippen LogP contribution in [0.1, 0.15) is 33.4 Å². The van der Waals surface area contributed by atoms with Gasteiger partial charge in [0.2, 0.25) is 0 Å².